The number of hydrogen-bond donors (Lipinski definition) is 7. The third-order valence-corrected chi connectivity index (χ3v) is 5.74. The maximum absolute atomic E-state index is 11.2. The average Bonchev–Trinajstić information content (AvgIpc) is 2.92. The first-order chi connectivity index (χ1) is 19.6. The van der Waals surface area contributed by atoms with Gasteiger partial charge < -0.3 is 20.4 Å². The molecule has 2 atom stereocenters. The van der Waals surface area contributed by atoms with Gasteiger partial charge in [-0.25, -0.2) is 24.2 Å². The van der Waals surface area contributed by atoms with Gasteiger partial charge in [0.1, 0.15) is 0 Å². The van der Waals surface area contributed by atoms with Gasteiger partial charge in [0.25, 0.3) is 0 Å². The van der Waals surface area contributed by atoms with Gasteiger partial charge in [0.05, 0.1) is 18.8 Å². The molecule has 0 aromatic heterocycles. The Bertz CT molecular complexity index is 741. The lowest BCUT2D eigenvalue weighted by molar-refractivity contribution is -0.251. The van der Waals surface area contributed by atoms with E-state index in [-0.39, 0.29) is 5.41 Å². The van der Waals surface area contributed by atoms with Crippen molar-refractivity contribution in [1.82, 2.24) is 0 Å². The van der Waals surface area contributed by atoms with Gasteiger partial charge in [-0.1, -0.05) is 105 Å². The number of rotatable bonds is 13. The lowest BCUT2D eigenvalue weighted by Crippen LogP contribution is -2.17. The highest BCUT2D eigenvalue weighted by atomic mass is 17.1. The fraction of sp³-hybridized carbons (Fsp3) is 0.690. The Morgan fingerprint density at radius 1 is 0.714 bits per heavy atom. The van der Waals surface area contributed by atoms with Crippen LogP contribution in [0.15, 0.2) is 24.3 Å². The van der Waals surface area contributed by atoms with Crippen molar-refractivity contribution in [2.75, 3.05) is 13.2 Å². The molecule has 2 unspecified atom stereocenters. The van der Waals surface area contributed by atoms with Crippen LogP contribution in [0.4, 0.5) is 9.59 Å². The van der Waals surface area contributed by atoms with Crippen LogP contribution in [-0.4, -0.2) is 67.7 Å². The predicted octanol–water partition coefficient (Wildman–Crippen LogP) is 8.44. The minimum Gasteiger partial charge on any atom is -0.450 e. The lowest BCUT2D eigenvalue weighted by atomic mass is 9.84. The third-order valence-electron chi connectivity index (χ3n) is 5.74. The molecule has 42 heavy (non-hydrogen) atoms. The zero-order valence-electron chi connectivity index (χ0n) is 26.1. The Kier molecular flexibility index (Phi) is 33.9. The number of hydrogen-bond acceptors (Lipinski definition) is 9. The van der Waals surface area contributed by atoms with Gasteiger partial charge >= 0.3 is 18.3 Å². The molecule has 13 heteroatoms. The molecule has 1 rings (SSSR count). The number of benzene rings is 1. The molecule has 0 saturated heterocycles. The van der Waals surface area contributed by atoms with Crippen molar-refractivity contribution < 1.29 is 65.2 Å². The van der Waals surface area contributed by atoms with Gasteiger partial charge in [-0.3, -0.25) is 15.4 Å². The van der Waals surface area contributed by atoms with Crippen LogP contribution in [0.2, 0.25) is 0 Å². The van der Waals surface area contributed by atoms with Crippen LogP contribution < -0.4 is 0 Å². The summed E-state index contributed by atoms with van der Waals surface area (Å²) in [5, 5.41) is 52.6. The van der Waals surface area contributed by atoms with E-state index in [0.717, 1.165) is 18.4 Å². The molecular weight excluding hydrogens is 556 g/mol. The highest BCUT2D eigenvalue weighted by Gasteiger charge is 2.21. The monoisotopic (exact) mass is 610 g/mol. The van der Waals surface area contributed by atoms with Gasteiger partial charge in [-0.15, -0.1) is 0 Å². The van der Waals surface area contributed by atoms with Crippen LogP contribution in [0, 0.1) is 11.8 Å². The highest BCUT2D eigenvalue weighted by Crippen LogP contribution is 2.26. The van der Waals surface area contributed by atoms with E-state index >= 15 is 0 Å². The molecule has 0 heterocycles. The SMILES string of the molecule is CC(C)(C)c1ccccc1C(=O)OO.CCCCC(CC)COO.CCCCC(CC)COO.O=C(O)O.O=C(O)O. The molecule has 1 aromatic rings. The molecule has 0 radical (unpaired) electrons. The third kappa shape index (κ3) is 33.2. The molecule has 7 N–H and O–H groups in total. The summed E-state index contributed by atoms with van der Waals surface area (Å²) in [5.74, 6) is 0.380. The number of carbonyl (C=O) groups excluding carboxylic acids is 1. The largest absolute Gasteiger partial charge is 0.503 e. The average molecular weight is 611 g/mol. The van der Waals surface area contributed by atoms with Gasteiger partial charge in [-0.2, -0.15) is 5.26 Å². The summed E-state index contributed by atoms with van der Waals surface area (Å²) in [6, 6.07) is 7.08. The van der Waals surface area contributed by atoms with Gasteiger partial charge in [0, 0.05) is 0 Å². The van der Waals surface area contributed by atoms with E-state index in [1.54, 1.807) is 12.1 Å². The minimum absolute atomic E-state index is 0.148. The first-order valence-electron chi connectivity index (χ1n) is 13.9. The molecular formula is C29H54O13. The second-order valence-corrected chi connectivity index (χ2v) is 10.2. The van der Waals surface area contributed by atoms with Crippen molar-refractivity contribution in [2.45, 2.75) is 105 Å². The van der Waals surface area contributed by atoms with E-state index in [0.29, 0.717) is 30.6 Å². The first-order valence-corrected chi connectivity index (χ1v) is 13.9. The summed E-state index contributed by atoms with van der Waals surface area (Å²) < 4.78 is 0. The summed E-state index contributed by atoms with van der Waals surface area (Å²) in [5.41, 5.74) is 1.12. The highest BCUT2D eigenvalue weighted by molar-refractivity contribution is 5.91. The van der Waals surface area contributed by atoms with E-state index < -0.39 is 18.3 Å². The molecule has 0 aliphatic heterocycles. The Morgan fingerprint density at radius 2 is 1.07 bits per heavy atom. The van der Waals surface area contributed by atoms with Gasteiger partial charge in [0.15, 0.2) is 0 Å². The molecule has 0 fully saturated rings. The van der Waals surface area contributed by atoms with Crippen LogP contribution >= 0.6 is 0 Å². The number of carbonyl (C=O) groups is 3. The fourth-order valence-corrected chi connectivity index (χ4v) is 3.37. The zero-order chi connectivity index (χ0) is 33.6. The maximum Gasteiger partial charge on any atom is 0.503 e. The van der Waals surface area contributed by atoms with Crippen LogP contribution in [0.3, 0.4) is 0 Å². The van der Waals surface area contributed by atoms with Crippen molar-refractivity contribution in [3.8, 4) is 0 Å². The smallest absolute Gasteiger partial charge is 0.450 e. The normalized spacial score (nSPS) is 11.3. The summed E-state index contributed by atoms with van der Waals surface area (Å²) in [4.78, 5) is 40.2. The Balaban J connectivity index is -0.000000232. The van der Waals surface area contributed by atoms with Gasteiger partial charge in [0.2, 0.25) is 0 Å². The van der Waals surface area contributed by atoms with Crippen LogP contribution in [0.5, 0.6) is 0 Å². The minimum atomic E-state index is -1.83. The summed E-state index contributed by atoms with van der Waals surface area (Å²) >= 11 is 0. The van der Waals surface area contributed by atoms with E-state index in [1.165, 1.54) is 38.5 Å². The molecule has 0 amide bonds. The van der Waals surface area contributed by atoms with E-state index in [9.17, 15) is 4.79 Å². The molecule has 13 nitrogen and oxygen atoms in total. The zero-order valence-corrected chi connectivity index (χ0v) is 26.1. The summed E-state index contributed by atoms with van der Waals surface area (Å²) in [6.07, 6.45) is 5.80. The van der Waals surface area contributed by atoms with Crippen molar-refractivity contribution >= 4 is 18.3 Å². The van der Waals surface area contributed by atoms with Crippen molar-refractivity contribution in [1.29, 1.82) is 0 Å². The predicted molar refractivity (Wildman–Crippen MR) is 158 cm³/mol. The molecule has 0 spiro atoms. The molecule has 0 saturated carbocycles. The van der Waals surface area contributed by atoms with Crippen LogP contribution in [0.25, 0.3) is 0 Å². The summed E-state index contributed by atoms with van der Waals surface area (Å²) in [6.45, 7) is 15.6. The van der Waals surface area contributed by atoms with Crippen molar-refractivity contribution in [3.05, 3.63) is 35.4 Å². The standard InChI is InChI=1S/C11H14O3.2C8H18O2.2CH2O3/c1-11(2,3)9-7-5-4-6-8(9)10(12)14-13;2*1-3-5-6-8(4-2)7-10-9;2*2-1(3)4/h4-7,13H,1-3H3;2*8-9H,3-7H2,1-2H3;2*(H2,2,3,4). The Morgan fingerprint density at radius 3 is 1.33 bits per heavy atom. The lowest BCUT2D eigenvalue weighted by Gasteiger charge is -2.21. The van der Waals surface area contributed by atoms with E-state index in [2.05, 4.69) is 42.4 Å². The van der Waals surface area contributed by atoms with Crippen molar-refractivity contribution in [3.63, 3.8) is 0 Å². The Hall–Kier alpha value is -2.97. The number of unbranched alkanes of at least 4 members (excludes halogenated alkanes) is 2. The van der Waals surface area contributed by atoms with E-state index in [1.807, 2.05) is 32.9 Å². The first kappa shape index (κ1) is 46.0. The van der Waals surface area contributed by atoms with Crippen molar-refractivity contribution in [2.24, 2.45) is 11.8 Å². The number of carboxylic acid groups (broad SMARTS) is 4. The van der Waals surface area contributed by atoms with E-state index in [4.69, 9.17) is 45.8 Å². The van der Waals surface area contributed by atoms with Crippen LogP contribution in [-0.2, 0) is 20.1 Å². The fourth-order valence-electron chi connectivity index (χ4n) is 3.37. The molecule has 1 aromatic carbocycles. The molecule has 0 aliphatic carbocycles. The summed E-state index contributed by atoms with van der Waals surface area (Å²) in [7, 11) is 0. The maximum atomic E-state index is 11.2. The topological polar surface area (TPSA) is 221 Å². The molecule has 0 aliphatic rings. The molecule has 248 valence electrons. The quantitative estimate of drug-likeness (QED) is 0.0823. The second kappa shape index (κ2) is 31.0. The Labute approximate surface area is 249 Å². The van der Waals surface area contributed by atoms with Crippen LogP contribution in [0.1, 0.15) is 116 Å². The van der Waals surface area contributed by atoms with Gasteiger partial charge in [-0.05, 0) is 41.7 Å². The molecule has 0 bridgehead atoms. The second-order valence-electron chi connectivity index (χ2n) is 10.2.